The van der Waals surface area contributed by atoms with Gasteiger partial charge in [0.2, 0.25) is 0 Å². The van der Waals surface area contributed by atoms with E-state index in [0.29, 0.717) is 17.4 Å². The molecule has 2 aromatic heterocycles. The fourth-order valence-corrected chi connectivity index (χ4v) is 2.36. The molecule has 0 unspecified atom stereocenters. The van der Waals surface area contributed by atoms with Gasteiger partial charge in [-0.3, -0.25) is 4.79 Å². The van der Waals surface area contributed by atoms with Crippen molar-refractivity contribution in [1.82, 2.24) is 25.4 Å². The topological polar surface area (TPSA) is 71.8 Å². The van der Waals surface area contributed by atoms with Gasteiger partial charge in [0.15, 0.2) is 5.69 Å². The van der Waals surface area contributed by atoms with Crippen molar-refractivity contribution >= 4 is 17.5 Å². The number of aromatic nitrogens is 3. The molecule has 0 atom stereocenters. The van der Waals surface area contributed by atoms with Crippen molar-refractivity contribution in [2.45, 2.75) is 13.8 Å². The summed E-state index contributed by atoms with van der Waals surface area (Å²) in [6.45, 7) is 5.56. The quantitative estimate of drug-likeness (QED) is 0.659. The number of carbonyl (C=O) groups is 1. The fraction of sp³-hybridized carbons (Fsp3) is 0.250. The molecule has 2 heterocycles. The Hall–Kier alpha value is -2.70. The average Bonchev–Trinajstić information content (AvgIpc) is 3.15. The van der Waals surface area contributed by atoms with Crippen LogP contribution in [0.3, 0.4) is 0 Å². The number of rotatable bonds is 5. The molecule has 142 valence electrons. The third kappa shape index (κ3) is 5.64. The minimum Gasteiger partial charge on any atom is -0.351 e. The van der Waals surface area contributed by atoms with Crippen molar-refractivity contribution < 1.29 is 4.79 Å². The zero-order chi connectivity index (χ0) is 19.6. The second-order valence-corrected chi connectivity index (χ2v) is 5.99. The van der Waals surface area contributed by atoms with E-state index >= 15 is 0 Å². The highest BCUT2D eigenvalue weighted by molar-refractivity contribution is 6.29. The predicted octanol–water partition coefficient (Wildman–Crippen LogP) is 3.56. The Morgan fingerprint density at radius 1 is 1.11 bits per heavy atom. The summed E-state index contributed by atoms with van der Waals surface area (Å²) < 4.78 is 1.70. The smallest absolute Gasteiger partial charge is 0.271 e. The van der Waals surface area contributed by atoms with Crippen molar-refractivity contribution in [1.29, 1.82) is 0 Å². The minimum absolute atomic E-state index is 0.203. The van der Waals surface area contributed by atoms with E-state index in [2.05, 4.69) is 27.6 Å². The zero-order valence-electron chi connectivity index (χ0n) is 15.7. The highest BCUT2D eigenvalue weighted by Gasteiger charge is 2.16. The summed E-state index contributed by atoms with van der Waals surface area (Å²) in [4.78, 5) is 16.2. The lowest BCUT2D eigenvalue weighted by atomic mass is 10.1. The van der Waals surface area contributed by atoms with Crippen LogP contribution in [-0.2, 0) is 0 Å². The van der Waals surface area contributed by atoms with Crippen LogP contribution in [0.15, 0.2) is 54.7 Å². The maximum absolute atomic E-state index is 12.1. The summed E-state index contributed by atoms with van der Waals surface area (Å²) in [5, 5.41) is 10.5. The number of pyridine rings is 1. The van der Waals surface area contributed by atoms with Crippen LogP contribution in [0, 0.1) is 0 Å². The third-order valence-electron chi connectivity index (χ3n) is 3.66. The molecule has 3 rings (SSSR count). The van der Waals surface area contributed by atoms with E-state index in [1.165, 1.54) is 0 Å². The number of nitrogens with zero attached hydrogens (tertiary/aromatic N) is 3. The molecule has 6 nitrogen and oxygen atoms in total. The maximum Gasteiger partial charge on any atom is 0.271 e. The Kier molecular flexibility index (Phi) is 7.98. The van der Waals surface area contributed by atoms with Crippen molar-refractivity contribution in [3.63, 3.8) is 0 Å². The Labute approximate surface area is 164 Å². The van der Waals surface area contributed by atoms with Crippen LogP contribution in [0.25, 0.3) is 16.9 Å². The molecule has 0 spiro atoms. The van der Waals surface area contributed by atoms with Gasteiger partial charge >= 0.3 is 0 Å². The number of hydrogen-bond acceptors (Lipinski definition) is 4. The van der Waals surface area contributed by atoms with Crippen LogP contribution in [0.1, 0.15) is 24.3 Å². The van der Waals surface area contributed by atoms with Crippen molar-refractivity contribution in [3.8, 4) is 16.9 Å². The molecule has 0 aliphatic carbocycles. The summed E-state index contributed by atoms with van der Waals surface area (Å²) in [5.74, 6) is -0.203. The van der Waals surface area contributed by atoms with Gasteiger partial charge in [-0.05, 0) is 38.7 Å². The molecule has 0 fully saturated rings. The predicted molar refractivity (Wildman–Crippen MR) is 109 cm³/mol. The first kappa shape index (κ1) is 20.6. The largest absolute Gasteiger partial charge is 0.351 e. The molecule has 0 bridgehead atoms. The van der Waals surface area contributed by atoms with Crippen molar-refractivity contribution in [2.24, 2.45) is 0 Å². The summed E-state index contributed by atoms with van der Waals surface area (Å²) in [5.41, 5.74) is 2.88. The van der Waals surface area contributed by atoms with E-state index in [-0.39, 0.29) is 5.91 Å². The highest BCUT2D eigenvalue weighted by atomic mass is 35.5. The van der Waals surface area contributed by atoms with E-state index in [9.17, 15) is 4.79 Å². The van der Waals surface area contributed by atoms with Gasteiger partial charge < -0.3 is 10.6 Å². The molecule has 0 saturated carbocycles. The van der Waals surface area contributed by atoms with Crippen LogP contribution in [0.5, 0.6) is 0 Å². The van der Waals surface area contributed by atoms with Gasteiger partial charge in [-0.1, -0.05) is 48.9 Å². The van der Waals surface area contributed by atoms with Crippen molar-refractivity contribution in [3.05, 3.63) is 65.6 Å². The van der Waals surface area contributed by atoms with Gasteiger partial charge in [-0.25, -0.2) is 9.67 Å². The Balaban J connectivity index is 0.000000596. The maximum atomic E-state index is 12.1. The standard InChI is InChI=1S/C17H15ClN4O.C3H9N/c1-2-19-17(23)14-10-15(12-6-4-3-5-7-12)22(21-14)13-8-9-16(18)20-11-13;1-3-4-2/h3-11H,2H2,1H3,(H,19,23);4H,3H2,1-2H3. The first-order valence-electron chi connectivity index (χ1n) is 8.80. The van der Waals surface area contributed by atoms with Crippen LogP contribution in [-0.4, -0.2) is 40.8 Å². The molecule has 1 aromatic carbocycles. The van der Waals surface area contributed by atoms with Crippen molar-refractivity contribution in [2.75, 3.05) is 20.1 Å². The molecule has 3 aromatic rings. The summed E-state index contributed by atoms with van der Waals surface area (Å²) >= 11 is 5.85. The number of benzene rings is 1. The van der Waals surface area contributed by atoms with Gasteiger partial charge in [0.25, 0.3) is 5.91 Å². The normalized spacial score (nSPS) is 10.1. The van der Waals surface area contributed by atoms with Gasteiger partial charge in [0.1, 0.15) is 5.15 Å². The summed E-state index contributed by atoms with van der Waals surface area (Å²) in [6, 6.07) is 15.1. The molecule has 1 amide bonds. The van der Waals surface area contributed by atoms with E-state index in [1.54, 1.807) is 23.0 Å². The molecule has 0 aliphatic heterocycles. The van der Waals surface area contributed by atoms with E-state index in [1.807, 2.05) is 50.4 Å². The molecule has 2 N–H and O–H groups in total. The lowest BCUT2D eigenvalue weighted by Crippen LogP contribution is -2.23. The molecule has 27 heavy (non-hydrogen) atoms. The lowest BCUT2D eigenvalue weighted by molar-refractivity contribution is 0.0950. The van der Waals surface area contributed by atoms with Crippen LogP contribution >= 0.6 is 11.6 Å². The van der Waals surface area contributed by atoms with E-state index < -0.39 is 0 Å². The Bertz CT molecular complexity index is 845. The summed E-state index contributed by atoms with van der Waals surface area (Å²) in [6.07, 6.45) is 1.63. The Morgan fingerprint density at radius 3 is 2.37 bits per heavy atom. The SMILES string of the molecule is CCNC.CCNC(=O)c1cc(-c2ccccc2)n(-c2ccc(Cl)nc2)n1. The van der Waals surface area contributed by atoms with Gasteiger partial charge in [-0.15, -0.1) is 0 Å². The van der Waals surface area contributed by atoms with Crippen LogP contribution in [0.2, 0.25) is 5.15 Å². The van der Waals surface area contributed by atoms with Gasteiger partial charge in [0.05, 0.1) is 17.6 Å². The average molecular weight is 386 g/mol. The highest BCUT2D eigenvalue weighted by Crippen LogP contribution is 2.24. The number of amides is 1. The zero-order valence-corrected chi connectivity index (χ0v) is 16.5. The molecular formula is C20H24ClN5O. The van der Waals surface area contributed by atoms with Gasteiger partial charge in [-0.2, -0.15) is 5.10 Å². The lowest BCUT2D eigenvalue weighted by Gasteiger charge is -2.07. The molecular weight excluding hydrogens is 362 g/mol. The first-order chi connectivity index (χ1) is 13.1. The second kappa shape index (κ2) is 10.4. The fourth-order valence-electron chi connectivity index (χ4n) is 2.25. The third-order valence-corrected chi connectivity index (χ3v) is 3.88. The van der Waals surface area contributed by atoms with E-state index in [4.69, 9.17) is 11.6 Å². The summed E-state index contributed by atoms with van der Waals surface area (Å²) in [7, 11) is 1.93. The number of halogens is 1. The minimum atomic E-state index is -0.203. The van der Waals surface area contributed by atoms with Gasteiger partial charge in [0, 0.05) is 12.1 Å². The monoisotopic (exact) mass is 385 g/mol. The van der Waals surface area contributed by atoms with E-state index in [0.717, 1.165) is 23.5 Å². The molecule has 0 radical (unpaired) electrons. The van der Waals surface area contributed by atoms with Crippen LogP contribution < -0.4 is 10.6 Å². The molecule has 0 saturated heterocycles. The molecule has 0 aliphatic rings. The number of nitrogens with one attached hydrogen (secondary N) is 2. The Morgan fingerprint density at radius 2 is 1.81 bits per heavy atom. The van der Waals surface area contributed by atoms with Crippen LogP contribution in [0.4, 0.5) is 0 Å². The number of carbonyl (C=O) groups excluding carboxylic acids is 1. The first-order valence-corrected chi connectivity index (χ1v) is 9.18. The molecule has 7 heteroatoms. The second-order valence-electron chi connectivity index (χ2n) is 5.60. The number of hydrogen-bond donors (Lipinski definition) is 2.